The Labute approximate surface area is 150 Å². The Morgan fingerprint density at radius 1 is 1.32 bits per heavy atom. The van der Waals surface area contributed by atoms with E-state index in [4.69, 9.17) is 5.73 Å². The van der Waals surface area contributed by atoms with Gasteiger partial charge in [0.1, 0.15) is 0 Å². The number of nitrogens with one attached hydrogen (secondary N) is 1. The molecule has 2 unspecified atom stereocenters. The maximum Gasteiger partial charge on any atom is 0.229 e. The summed E-state index contributed by atoms with van der Waals surface area (Å²) in [6.07, 6.45) is 5.49. The third-order valence-electron chi connectivity index (χ3n) is 5.73. The monoisotopic (exact) mass is 345 g/mol. The van der Waals surface area contributed by atoms with Gasteiger partial charge in [0.25, 0.3) is 0 Å². The van der Waals surface area contributed by atoms with E-state index in [1.165, 1.54) is 5.56 Å². The van der Waals surface area contributed by atoms with E-state index in [0.29, 0.717) is 0 Å². The molecule has 5 heteroatoms. The fourth-order valence-corrected chi connectivity index (χ4v) is 4.10. The van der Waals surface area contributed by atoms with Gasteiger partial charge in [-0.25, -0.2) is 0 Å². The van der Waals surface area contributed by atoms with Crippen molar-refractivity contribution in [3.8, 4) is 0 Å². The quantitative estimate of drug-likeness (QED) is 0.783. The Morgan fingerprint density at radius 3 is 2.80 bits per heavy atom. The van der Waals surface area contributed by atoms with Gasteiger partial charge in [-0.05, 0) is 50.3 Å². The summed E-state index contributed by atoms with van der Waals surface area (Å²) in [5.41, 5.74) is 7.98. The number of anilines is 1. The summed E-state index contributed by atoms with van der Waals surface area (Å²) in [5, 5.41) is 12.7. The number of benzene rings is 1. The number of piperidine rings is 1. The van der Waals surface area contributed by atoms with Crippen LogP contribution in [0.25, 0.3) is 0 Å². The lowest BCUT2D eigenvalue weighted by atomic mass is 9.74. The van der Waals surface area contributed by atoms with Gasteiger partial charge in [0, 0.05) is 30.9 Å². The van der Waals surface area contributed by atoms with Crippen LogP contribution >= 0.6 is 0 Å². The van der Waals surface area contributed by atoms with Gasteiger partial charge in [0.05, 0.1) is 12.0 Å². The molecule has 2 aliphatic rings. The summed E-state index contributed by atoms with van der Waals surface area (Å²) in [6.45, 7) is 4.70. The third-order valence-corrected chi connectivity index (χ3v) is 5.73. The fourth-order valence-electron chi connectivity index (χ4n) is 4.10. The Bertz CT molecular complexity index is 594. The molecule has 1 aromatic rings. The van der Waals surface area contributed by atoms with Gasteiger partial charge in [-0.2, -0.15) is 0 Å². The van der Waals surface area contributed by atoms with Crippen molar-refractivity contribution >= 4 is 11.6 Å². The van der Waals surface area contributed by atoms with Crippen LogP contribution in [-0.4, -0.2) is 40.6 Å². The Hall–Kier alpha value is -1.43. The van der Waals surface area contributed by atoms with Gasteiger partial charge < -0.3 is 16.2 Å². The van der Waals surface area contributed by atoms with Crippen molar-refractivity contribution in [1.29, 1.82) is 0 Å². The lowest BCUT2D eigenvalue weighted by molar-refractivity contribution is -0.122. The molecule has 0 spiro atoms. The van der Waals surface area contributed by atoms with E-state index < -0.39 is 5.54 Å². The number of amides is 1. The summed E-state index contributed by atoms with van der Waals surface area (Å²) in [4.78, 5) is 15.0. The molecule has 1 heterocycles. The highest BCUT2D eigenvalue weighted by molar-refractivity contribution is 5.93. The Kier molecular flexibility index (Phi) is 5.77. The van der Waals surface area contributed by atoms with Crippen molar-refractivity contribution in [1.82, 2.24) is 4.90 Å². The zero-order chi connectivity index (χ0) is 17.9. The van der Waals surface area contributed by atoms with E-state index in [1.54, 1.807) is 0 Å². The highest BCUT2D eigenvalue weighted by Gasteiger charge is 2.37. The molecule has 0 bridgehead atoms. The lowest BCUT2D eigenvalue weighted by Crippen LogP contribution is -2.51. The smallest absolute Gasteiger partial charge is 0.229 e. The standard InChI is InChI=1S/C20H31N3O2/c1-20(21)10-3-2-7-18(20)19(25)22-16-6-4-5-15(13-16)14-23-11-8-17(24)9-12-23/h4-6,13,17-18,24H,2-3,7-12,14,21H2,1H3,(H,22,25). The van der Waals surface area contributed by atoms with Gasteiger partial charge in [-0.15, -0.1) is 0 Å². The molecule has 0 aromatic heterocycles. The van der Waals surface area contributed by atoms with Gasteiger partial charge in [-0.1, -0.05) is 25.0 Å². The summed E-state index contributed by atoms with van der Waals surface area (Å²) in [5.74, 6) is -0.0727. The summed E-state index contributed by atoms with van der Waals surface area (Å²) in [7, 11) is 0. The van der Waals surface area contributed by atoms with Crippen LogP contribution in [0.2, 0.25) is 0 Å². The van der Waals surface area contributed by atoms with E-state index in [2.05, 4.69) is 22.3 Å². The second-order valence-corrected chi connectivity index (χ2v) is 8.00. The molecule has 2 atom stereocenters. The van der Waals surface area contributed by atoms with Gasteiger partial charge in [0.2, 0.25) is 5.91 Å². The largest absolute Gasteiger partial charge is 0.393 e. The molecule has 1 amide bonds. The van der Waals surface area contributed by atoms with E-state index in [9.17, 15) is 9.90 Å². The molecule has 1 aliphatic carbocycles. The predicted molar refractivity (Wildman–Crippen MR) is 100 cm³/mol. The topological polar surface area (TPSA) is 78.6 Å². The predicted octanol–water partition coefficient (Wildman–Crippen LogP) is 2.49. The molecule has 5 nitrogen and oxygen atoms in total. The Balaban J connectivity index is 1.60. The first-order valence-electron chi connectivity index (χ1n) is 9.53. The number of nitrogens with zero attached hydrogens (tertiary/aromatic N) is 1. The van der Waals surface area contributed by atoms with Crippen molar-refractivity contribution in [3.63, 3.8) is 0 Å². The maximum absolute atomic E-state index is 12.7. The normalized spacial score (nSPS) is 28.7. The van der Waals surface area contributed by atoms with E-state index in [-0.39, 0.29) is 17.9 Å². The van der Waals surface area contributed by atoms with Crippen molar-refractivity contribution in [2.24, 2.45) is 11.7 Å². The van der Waals surface area contributed by atoms with Crippen LogP contribution in [0, 0.1) is 5.92 Å². The average molecular weight is 345 g/mol. The van der Waals surface area contributed by atoms with Crippen molar-refractivity contribution in [2.45, 2.75) is 63.6 Å². The second-order valence-electron chi connectivity index (χ2n) is 8.00. The first kappa shape index (κ1) is 18.4. The van der Waals surface area contributed by atoms with Crippen LogP contribution < -0.4 is 11.1 Å². The average Bonchev–Trinajstić information content (AvgIpc) is 2.57. The Morgan fingerprint density at radius 2 is 2.08 bits per heavy atom. The number of likely N-dealkylation sites (tertiary alicyclic amines) is 1. The van der Waals surface area contributed by atoms with Crippen LogP contribution in [0.3, 0.4) is 0 Å². The molecule has 138 valence electrons. The molecule has 0 radical (unpaired) electrons. The van der Waals surface area contributed by atoms with Crippen LogP contribution in [0.1, 0.15) is 51.0 Å². The second kappa shape index (κ2) is 7.85. The summed E-state index contributed by atoms with van der Waals surface area (Å²) < 4.78 is 0. The minimum absolute atomic E-state index is 0.0444. The number of carbonyl (C=O) groups excluding carboxylic acids is 1. The minimum atomic E-state index is -0.408. The zero-order valence-corrected chi connectivity index (χ0v) is 15.2. The minimum Gasteiger partial charge on any atom is -0.393 e. The maximum atomic E-state index is 12.7. The first-order valence-corrected chi connectivity index (χ1v) is 9.53. The molecule has 4 N–H and O–H groups in total. The molecule has 1 saturated heterocycles. The highest BCUT2D eigenvalue weighted by atomic mass is 16.3. The fraction of sp³-hybridized carbons (Fsp3) is 0.650. The van der Waals surface area contributed by atoms with E-state index >= 15 is 0 Å². The molecule has 3 rings (SSSR count). The van der Waals surface area contributed by atoms with Crippen LogP contribution in [-0.2, 0) is 11.3 Å². The number of hydrogen-bond donors (Lipinski definition) is 3. The SMILES string of the molecule is CC1(N)CCCCC1C(=O)Nc1cccc(CN2CCC(O)CC2)c1. The van der Waals surface area contributed by atoms with E-state index in [1.807, 2.05) is 19.1 Å². The molecule has 25 heavy (non-hydrogen) atoms. The molecule has 1 aromatic carbocycles. The van der Waals surface area contributed by atoms with Crippen molar-refractivity contribution < 1.29 is 9.90 Å². The number of rotatable bonds is 4. The van der Waals surface area contributed by atoms with Crippen LogP contribution in [0.15, 0.2) is 24.3 Å². The number of aliphatic hydroxyl groups is 1. The van der Waals surface area contributed by atoms with Crippen LogP contribution in [0.5, 0.6) is 0 Å². The summed E-state index contributed by atoms with van der Waals surface area (Å²) in [6, 6.07) is 8.08. The van der Waals surface area contributed by atoms with Gasteiger partial charge >= 0.3 is 0 Å². The molecule has 1 aliphatic heterocycles. The number of hydrogen-bond acceptors (Lipinski definition) is 4. The lowest BCUT2D eigenvalue weighted by Gasteiger charge is -2.37. The van der Waals surface area contributed by atoms with Gasteiger partial charge in [-0.3, -0.25) is 9.69 Å². The first-order chi connectivity index (χ1) is 11.9. The van der Waals surface area contributed by atoms with Crippen LogP contribution in [0.4, 0.5) is 5.69 Å². The van der Waals surface area contributed by atoms with Gasteiger partial charge in [0.15, 0.2) is 0 Å². The molecule has 1 saturated carbocycles. The highest BCUT2D eigenvalue weighted by Crippen LogP contribution is 2.32. The third kappa shape index (κ3) is 4.81. The van der Waals surface area contributed by atoms with Crippen molar-refractivity contribution in [2.75, 3.05) is 18.4 Å². The zero-order valence-electron chi connectivity index (χ0n) is 15.2. The van der Waals surface area contributed by atoms with Crippen molar-refractivity contribution in [3.05, 3.63) is 29.8 Å². The molecular weight excluding hydrogens is 314 g/mol. The van der Waals surface area contributed by atoms with E-state index in [0.717, 1.165) is 63.8 Å². The number of nitrogens with two attached hydrogens (primary N) is 1. The number of carbonyl (C=O) groups is 1. The summed E-state index contributed by atoms with van der Waals surface area (Å²) >= 11 is 0. The molecule has 2 fully saturated rings. The number of aliphatic hydroxyl groups excluding tert-OH is 1. The molecular formula is C20H31N3O2.